The molecular formula is C24H23F5O. The lowest BCUT2D eigenvalue weighted by Crippen LogP contribution is -2.06. The predicted octanol–water partition coefficient (Wildman–Crippen LogP) is 8.04. The molecule has 160 valence electrons. The van der Waals surface area contributed by atoms with Crippen molar-refractivity contribution in [3.05, 3.63) is 65.5 Å². The quantitative estimate of drug-likeness (QED) is 0.250. The maximum absolute atomic E-state index is 15.1. The zero-order valence-corrected chi connectivity index (χ0v) is 16.7. The summed E-state index contributed by atoms with van der Waals surface area (Å²) in [7, 11) is 0. The number of hydrogen-bond donors (Lipinski definition) is 0. The SMILES string of the molecule is CCCCCCCc1ccc2c(F)c(-c3cc(F)c(OC(F)F)c(F)c3)ccc2c1. The number of rotatable bonds is 9. The van der Waals surface area contributed by atoms with E-state index in [0.29, 0.717) is 10.8 Å². The van der Waals surface area contributed by atoms with Gasteiger partial charge in [0.25, 0.3) is 0 Å². The Morgan fingerprint density at radius 3 is 2.20 bits per heavy atom. The second kappa shape index (κ2) is 9.92. The number of aryl methyl sites for hydroxylation is 1. The molecule has 0 aromatic heterocycles. The fourth-order valence-electron chi connectivity index (χ4n) is 3.57. The standard InChI is InChI=1S/C24H23F5O/c1-2-3-4-5-6-7-15-8-10-18-16(12-15)9-11-19(22(18)27)17-13-20(25)23(21(26)14-17)30-24(28)29/h8-14,24H,2-7H2,1H3. The van der Waals surface area contributed by atoms with Gasteiger partial charge in [-0.2, -0.15) is 8.78 Å². The normalized spacial score (nSPS) is 11.4. The summed E-state index contributed by atoms with van der Waals surface area (Å²) in [6.07, 6.45) is 6.75. The second-order valence-corrected chi connectivity index (χ2v) is 7.29. The van der Waals surface area contributed by atoms with Crippen LogP contribution in [-0.4, -0.2) is 6.61 Å². The van der Waals surface area contributed by atoms with E-state index in [1.807, 2.05) is 12.1 Å². The summed E-state index contributed by atoms with van der Waals surface area (Å²) >= 11 is 0. The molecule has 1 nitrogen and oxygen atoms in total. The van der Waals surface area contributed by atoms with Crippen molar-refractivity contribution in [2.75, 3.05) is 0 Å². The molecule has 0 saturated carbocycles. The van der Waals surface area contributed by atoms with Gasteiger partial charge in [-0.3, -0.25) is 0 Å². The van der Waals surface area contributed by atoms with Gasteiger partial charge in [-0.05, 0) is 41.5 Å². The van der Waals surface area contributed by atoms with Crippen LogP contribution in [0.4, 0.5) is 22.0 Å². The van der Waals surface area contributed by atoms with E-state index in [9.17, 15) is 17.6 Å². The monoisotopic (exact) mass is 422 g/mol. The lowest BCUT2D eigenvalue weighted by atomic mass is 9.97. The van der Waals surface area contributed by atoms with Gasteiger partial charge in [0.15, 0.2) is 17.4 Å². The van der Waals surface area contributed by atoms with Crippen LogP contribution in [0, 0.1) is 17.5 Å². The van der Waals surface area contributed by atoms with Gasteiger partial charge in [0, 0.05) is 10.9 Å². The first-order valence-electron chi connectivity index (χ1n) is 10.1. The molecule has 0 aliphatic heterocycles. The molecule has 0 bridgehead atoms. The number of fused-ring (bicyclic) bond motifs is 1. The van der Waals surface area contributed by atoms with Crippen molar-refractivity contribution >= 4 is 10.8 Å². The van der Waals surface area contributed by atoms with Crippen LogP contribution in [0.5, 0.6) is 5.75 Å². The third-order valence-corrected chi connectivity index (χ3v) is 5.10. The molecule has 0 N–H and O–H groups in total. The maximum Gasteiger partial charge on any atom is 0.387 e. The van der Waals surface area contributed by atoms with Gasteiger partial charge in [0.2, 0.25) is 0 Å². The van der Waals surface area contributed by atoms with E-state index < -0.39 is 29.8 Å². The van der Waals surface area contributed by atoms with Gasteiger partial charge >= 0.3 is 6.61 Å². The number of hydrogen-bond acceptors (Lipinski definition) is 1. The molecule has 3 rings (SSSR count). The van der Waals surface area contributed by atoms with E-state index in [0.717, 1.165) is 37.0 Å². The molecule has 0 unspecified atom stereocenters. The van der Waals surface area contributed by atoms with Crippen LogP contribution in [0.3, 0.4) is 0 Å². The van der Waals surface area contributed by atoms with Crippen LogP contribution in [0.2, 0.25) is 0 Å². The summed E-state index contributed by atoms with van der Waals surface area (Å²) in [5.74, 6) is -4.44. The highest BCUT2D eigenvalue weighted by Gasteiger charge is 2.19. The number of unbranched alkanes of at least 4 members (excludes halogenated alkanes) is 4. The number of ether oxygens (including phenoxy) is 1. The highest BCUT2D eigenvalue weighted by Crippen LogP contribution is 2.34. The molecule has 0 heterocycles. The summed E-state index contributed by atoms with van der Waals surface area (Å²) in [5, 5.41) is 1.02. The van der Waals surface area contributed by atoms with Crippen molar-refractivity contribution in [2.45, 2.75) is 52.1 Å². The Morgan fingerprint density at radius 1 is 0.833 bits per heavy atom. The topological polar surface area (TPSA) is 9.23 Å². The van der Waals surface area contributed by atoms with Gasteiger partial charge in [0.1, 0.15) is 5.82 Å². The third kappa shape index (κ3) is 5.10. The lowest BCUT2D eigenvalue weighted by molar-refractivity contribution is -0.0546. The molecule has 0 saturated heterocycles. The summed E-state index contributed by atoms with van der Waals surface area (Å²) < 4.78 is 71.6. The Labute approximate surface area is 172 Å². The molecule has 0 aliphatic rings. The fraction of sp³-hybridized carbons (Fsp3) is 0.333. The van der Waals surface area contributed by atoms with Crippen molar-refractivity contribution in [3.8, 4) is 16.9 Å². The van der Waals surface area contributed by atoms with E-state index in [4.69, 9.17) is 0 Å². The number of benzene rings is 3. The van der Waals surface area contributed by atoms with Crippen molar-refractivity contribution in [1.29, 1.82) is 0 Å². The first kappa shape index (κ1) is 22.1. The first-order chi connectivity index (χ1) is 14.4. The summed E-state index contributed by atoms with van der Waals surface area (Å²) in [6, 6.07) is 10.1. The molecule has 6 heteroatoms. The molecule has 0 fully saturated rings. The van der Waals surface area contributed by atoms with Crippen LogP contribution in [0.25, 0.3) is 21.9 Å². The second-order valence-electron chi connectivity index (χ2n) is 7.29. The van der Waals surface area contributed by atoms with Gasteiger partial charge < -0.3 is 4.74 Å². The minimum atomic E-state index is -3.36. The Kier molecular flexibility index (Phi) is 7.29. The predicted molar refractivity (Wildman–Crippen MR) is 108 cm³/mol. The lowest BCUT2D eigenvalue weighted by Gasteiger charge is -2.12. The van der Waals surface area contributed by atoms with Crippen molar-refractivity contribution in [1.82, 2.24) is 0 Å². The van der Waals surface area contributed by atoms with Crippen LogP contribution < -0.4 is 4.74 Å². The molecule has 0 atom stereocenters. The molecule has 30 heavy (non-hydrogen) atoms. The minimum Gasteiger partial charge on any atom is -0.429 e. The summed E-state index contributed by atoms with van der Waals surface area (Å²) in [6.45, 7) is -1.20. The van der Waals surface area contributed by atoms with E-state index in [2.05, 4.69) is 11.7 Å². The highest BCUT2D eigenvalue weighted by molar-refractivity contribution is 5.88. The molecular weight excluding hydrogens is 399 g/mol. The largest absolute Gasteiger partial charge is 0.429 e. The average molecular weight is 422 g/mol. The Balaban J connectivity index is 1.86. The summed E-state index contributed by atoms with van der Waals surface area (Å²) in [4.78, 5) is 0. The van der Waals surface area contributed by atoms with Gasteiger partial charge in [-0.15, -0.1) is 0 Å². The van der Waals surface area contributed by atoms with Crippen LogP contribution in [0.1, 0.15) is 44.6 Å². The summed E-state index contributed by atoms with van der Waals surface area (Å²) in [5.41, 5.74) is 0.999. The molecule has 3 aromatic rings. The average Bonchev–Trinajstić information content (AvgIpc) is 2.70. The molecule has 0 aliphatic carbocycles. The van der Waals surface area contributed by atoms with Crippen LogP contribution in [0.15, 0.2) is 42.5 Å². The van der Waals surface area contributed by atoms with E-state index in [1.54, 1.807) is 12.1 Å². The molecule has 3 aromatic carbocycles. The number of alkyl halides is 2. The maximum atomic E-state index is 15.1. The Bertz CT molecular complexity index is 993. The smallest absolute Gasteiger partial charge is 0.387 e. The number of halogens is 5. The molecule has 0 radical (unpaired) electrons. The van der Waals surface area contributed by atoms with Gasteiger partial charge in [-0.1, -0.05) is 62.9 Å². The van der Waals surface area contributed by atoms with E-state index >= 15 is 4.39 Å². The third-order valence-electron chi connectivity index (χ3n) is 5.10. The van der Waals surface area contributed by atoms with Crippen molar-refractivity contribution in [2.24, 2.45) is 0 Å². The molecule has 0 amide bonds. The fourth-order valence-corrected chi connectivity index (χ4v) is 3.57. The highest BCUT2D eigenvalue weighted by atomic mass is 19.3. The van der Waals surface area contributed by atoms with Crippen molar-refractivity contribution in [3.63, 3.8) is 0 Å². The zero-order chi connectivity index (χ0) is 21.7. The van der Waals surface area contributed by atoms with Crippen LogP contribution in [-0.2, 0) is 6.42 Å². The zero-order valence-electron chi connectivity index (χ0n) is 16.7. The van der Waals surface area contributed by atoms with Crippen molar-refractivity contribution < 1.29 is 26.7 Å². The Morgan fingerprint density at radius 2 is 1.53 bits per heavy atom. The Hall–Kier alpha value is -2.63. The van der Waals surface area contributed by atoms with E-state index in [-0.39, 0.29) is 11.1 Å². The first-order valence-corrected chi connectivity index (χ1v) is 10.1. The van der Waals surface area contributed by atoms with Crippen LogP contribution >= 0.6 is 0 Å². The minimum absolute atomic E-state index is 0.0174. The van der Waals surface area contributed by atoms with Gasteiger partial charge in [-0.25, -0.2) is 13.2 Å². The molecule has 0 spiro atoms. The van der Waals surface area contributed by atoms with Gasteiger partial charge in [0.05, 0.1) is 0 Å². The van der Waals surface area contributed by atoms with E-state index in [1.165, 1.54) is 25.3 Å².